The SMILES string of the molecule is C=C[C@H](CCCc1ccccc1)n1cnc2c(Cl)nc(Cl)nc21. The van der Waals surface area contributed by atoms with Gasteiger partial charge in [0.05, 0.1) is 12.4 Å². The molecule has 0 saturated carbocycles. The van der Waals surface area contributed by atoms with E-state index in [2.05, 4.69) is 45.8 Å². The lowest BCUT2D eigenvalue weighted by atomic mass is 10.0. The number of aromatic nitrogens is 4. The molecule has 0 fully saturated rings. The molecule has 0 aliphatic heterocycles. The Bertz CT molecular complexity index is 814. The monoisotopic (exact) mass is 346 g/mol. The summed E-state index contributed by atoms with van der Waals surface area (Å²) in [4.78, 5) is 12.5. The van der Waals surface area contributed by atoms with Crippen molar-refractivity contribution in [1.82, 2.24) is 19.5 Å². The van der Waals surface area contributed by atoms with Crippen molar-refractivity contribution in [1.29, 1.82) is 0 Å². The first-order chi connectivity index (χ1) is 11.2. The van der Waals surface area contributed by atoms with E-state index in [-0.39, 0.29) is 16.5 Å². The Labute approximate surface area is 144 Å². The second kappa shape index (κ2) is 7.11. The van der Waals surface area contributed by atoms with Crippen molar-refractivity contribution in [2.24, 2.45) is 0 Å². The highest BCUT2D eigenvalue weighted by molar-refractivity contribution is 6.35. The van der Waals surface area contributed by atoms with Crippen molar-refractivity contribution >= 4 is 34.4 Å². The third kappa shape index (κ3) is 3.54. The zero-order valence-electron chi connectivity index (χ0n) is 12.5. The summed E-state index contributed by atoms with van der Waals surface area (Å²) in [6.07, 6.45) is 6.61. The van der Waals surface area contributed by atoms with E-state index in [1.165, 1.54) is 5.56 Å². The summed E-state index contributed by atoms with van der Waals surface area (Å²) in [6.45, 7) is 3.94. The quantitative estimate of drug-likeness (QED) is 0.362. The van der Waals surface area contributed by atoms with Crippen LogP contribution in [0.1, 0.15) is 24.4 Å². The first kappa shape index (κ1) is 16.0. The van der Waals surface area contributed by atoms with Crippen LogP contribution >= 0.6 is 23.2 Å². The average Bonchev–Trinajstić information content (AvgIpc) is 2.96. The minimum atomic E-state index is 0.0887. The smallest absolute Gasteiger partial charge is 0.225 e. The van der Waals surface area contributed by atoms with Crippen LogP contribution in [-0.4, -0.2) is 19.5 Å². The maximum Gasteiger partial charge on any atom is 0.225 e. The maximum absolute atomic E-state index is 6.07. The van der Waals surface area contributed by atoms with E-state index >= 15 is 0 Å². The van der Waals surface area contributed by atoms with Gasteiger partial charge in [-0.05, 0) is 36.4 Å². The normalized spacial score (nSPS) is 12.4. The summed E-state index contributed by atoms with van der Waals surface area (Å²) < 4.78 is 1.95. The number of nitrogens with zero attached hydrogens (tertiary/aromatic N) is 4. The van der Waals surface area contributed by atoms with E-state index in [1.807, 2.05) is 16.7 Å². The summed E-state index contributed by atoms with van der Waals surface area (Å²) in [6, 6.07) is 10.5. The van der Waals surface area contributed by atoms with Gasteiger partial charge < -0.3 is 4.57 Å². The predicted octanol–water partition coefficient (Wildman–Crippen LogP) is 4.88. The molecule has 0 aliphatic rings. The van der Waals surface area contributed by atoms with E-state index < -0.39 is 0 Å². The molecule has 3 aromatic rings. The predicted molar refractivity (Wildman–Crippen MR) is 94.0 cm³/mol. The first-order valence-electron chi connectivity index (χ1n) is 7.41. The van der Waals surface area contributed by atoms with Gasteiger partial charge in [-0.15, -0.1) is 6.58 Å². The summed E-state index contributed by atoms with van der Waals surface area (Å²) in [5, 5.41) is 0.391. The van der Waals surface area contributed by atoms with Crippen LogP contribution in [0.3, 0.4) is 0 Å². The molecule has 0 amide bonds. The lowest BCUT2D eigenvalue weighted by Gasteiger charge is -2.15. The lowest BCUT2D eigenvalue weighted by Crippen LogP contribution is -2.07. The topological polar surface area (TPSA) is 43.6 Å². The van der Waals surface area contributed by atoms with Crippen LogP contribution in [0.15, 0.2) is 49.3 Å². The summed E-state index contributed by atoms with van der Waals surface area (Å²) in [5.41, 5.74) is 2.53. The number of rotatable bonds is 6. The molecule has 4 nitrogen and oxygen atoms in total. The molecule has 2 aromatic heterocycles. The zero-order valence-corrected chi connectivity index (χ0v) is 14.0. The molecule has 3 rings (SSSR count). The third-order valence-electron chi connectivity index (χ3n) is 3.79. The summed E-state index contributed by atoms with van der Waals surface area (Å²) in [5.74, 6) is 0. The number of fused-ring (bicyclic) bond motifs is 1. The van der Waals surface area contributed by atoms with Crippen LogP contribution in [0.4, 0.5) is 0 Å². The second-order valence-corrected chi connectivity index (χ2v) is 5.98. The Kier molecular flexibility index (Phi) is 4.94. The number of allylic oxidation sites excluding steroid dienone is 1. The van der Waals surface area contributed by atoms with E-state index in [4.69, 9.17) is 23.2 Å². The van der Waals surface area contributed by atoms with Gasteiger partial charge in [0, 0.05) is 0 Å². The molecule has 6 heteroatoms. The number of halogens is 2. The van der Waals surface area contributed by atoms with Gasteiger partial charge in [-0.1, -0.05) is 48.0 Å². The Morgan fingerprint density at radius 3 is 2.70 bits per heavy atom. The summed E-state index contributed by atoms with van der Waals surface area (Å²) >= 11 is 12.0. The highest BCUT2D eigenvalue weighted by atomic mass is 35.5. The van der Waals surface area contributed by atoms with Gasteiger partial charge in [-0.2, -0.15) is 4.98 Å². The van der Waals surface area contributed by atoms with Crippen molar-refractivity contribution in [3.05, 3.63) is 65.3 Å². The van der Waals surface area contributed by atoms with E-state index in [9.17, 15) is 0 Å². The molecular formula is C17H16Cl2N4. The highest BCUT2D eigenvalue weighted by Crippen LogP contribution is 2.26. The van der Waals surface area contributed by atoms with Gasteiger partial charge in [0.1, 0.15) is 5.52 Å². The number of benzene rings is 1. The fourth-order valence-corrected chi connectivity index (χ4v) is 3.05. The maximum atomic E-state index is 6.07. The van der Waals surface area contributed by atoms with Gasteiger partial charge in [0.25, 0.3) is 0 Å². The fraction of sp³-hybridized carbons (Fsp3) is 0.235. The van der Waals surface area contributed by atoms with Crippen LogP contribution in [-0.2, 0) is 6.42 Å². The van der Waals surface area contributed by atoms with Crippen molar-refractivity contribution < 1.29 is 0 Å². The molecule has 23 heavy (non-hydrogen) atoms. The highest BCUT2D eigenvalue weighted by Gasteiger charge is 2.15. The Hall–Kier alpha value is -1.91. The zero-order chi connectivity index (χ0) is 16.2. The van der Waals surface area contributed by atoms with Crippen LogP contribution in [0, 0.1) is 0 Å². The van der Waals surface area contributed by atoms with Gasteiger partial charge in [-0.25, -0.2) is 9.97 Å². The van der Waals surface area contributed by atoms with Crippen LogP contribution < -0.4 is 0 Å². The molecule has 0 radical (unpaired) electrons. The number of aryl methyl sites for hydroxylation is 1. The van der Waals surface area contributed by atoms with E-state index in [0.29, 0.717) is 11.2 Å². The molecule has 0 N–H and O–H groups in total. The standard InChI is InChI=1S/C17H16Cl2N4/c1-2-13(10-6-9-12-7-4-3-5-8-12)23-11-20-14-15(18)21-17(19)22-16(14)23/h2-5,7-8,11,13H,1,6,9-10H2/t13-/m1/s1. The Morgan fingerprint density at radius 2 is 1.96 bits per heavy atom. The molecule has 1 aromatic carbocycles. The number of imidazole rings is 1. The molecule has 0 aliphatic carbocycles. The van der Waals surface area contributed by atoms with Gasteiger partial charge in [0.2, 0.25) is 5.28 Å². The molecule has 0 bridgehead atoms. The fourth-order valence-electron chi connectivity index (χ4n) is 2.63. The average molecular weight is 347 g/mol. The van der Waals surface area contributed by atoms with Crippen LogP contribution in [0.25, 0.3) is 11.2 Å². The molecule has 0 saturated heterocycles. The van der Waals surface area contributed by atoms with Crippen molar-refractivity contribution in [2.45, 2.75) is 25.3 Å². The third-order valence-corrected chi connectivity index (χ3v) is 4.22. The summed E-state index contributed by atoms with van der Waals surface area (Å²) in [7, 11) is 0. The largest absolute Gasteiger partial charge is 0.308 e. The van der Waals surface area contributed by atoms with Crippen molar-refractivity contribution in [2.75, 3.05) is 0 Å². The van der Waals surface area contributed by atoms with E-state index in [1.54, 1.807) is 6.33 Å². The van der Waals surface area contributed by atoms with Crippen LogP contribution in [0.2, 0.25) is 10.4 Å². The van der Waals surface area contributed by atoms with Crippen molar-refractivity contribution in [3.8, 4) is 0 Å². The molecular weight excluding hydrogens is 331 g/mol. The molecule has 2 heterocycles. The second-order valence-electron chi connectivity index (χ2n) is 5.29. The first-order valence-corrected chi connectivity index (χ1v) is 8.16. The Balaban J connectivity index is 1.77. The number of hydrogen-bond donors (Lipinski definition) is 0. The lowest BCUT2D eigenvalue weighted by molar-refractivity contribution is 0.543. The Morgan fingerprint density at radius 1 is 1.17 bits per heavy atom. The van der Waals surface area contributed by atoms with Crippen molar-refractivity contribution in [3.63, 3.8) is 0 Å². The molecule has 0 spiro atoms. The van der Waals surface area contributed by atoms with Crippen LogP contribution in [0.5, 0.6) is 0 Å². The molecule has 118 valence electrons. The minimum Gasteiger partial charge on any atom is -0.308 e. The van der Waals surface area contributed by atoms with Gasteiger partial charge >= 0.3 is 0 Å². The number of hydrogen-bond acceptors (Lipinski definition) is 3. The van der Waals surface area contributed by atoms with Gasteiger partial charge in [0.15, 0.2) is 10.8 Å². The molecule has 1 atom stereocenters. The minimum absolute atomic E-state index is 0.0887. The van der Waals surface area contributed by atoms with Gasteiger partial charge in [-0.3, -0.25) is 0 Å². The molecule has 0 unspecified atom stereocenters. The van der Waals surface area contributed by atoms with E-state index in [0.717, 1.165) is 19.3 Å².